The molecule has 1 aliphatic heterocycles. The van der Waals surface area contributed by atoms with E-state index in [1.54, 1.807) is 13.8 Å². The van der Waals surface area contributed by atoms with Gasteiger partial charge >= 0.3 is 11.9 Å². The Morgan fingerprint density at radius 3 is 2.14 bits per heavy atom. The van der Waals surface area contributed by atoms with Gasteiger partial charge in [0.1, 0.15) is 0 Å². The molecule has 3 unspecified atom stereocenters. The molecule has 4 saturated carbocycles. The lowest BCUT2D eigenvalue weighted by Crippen LogP contribution is -2.56. The number of esters is 2. The van der Waals surface area contributed by atoms with E-state index >= 15 is 0 Å². The fourth-order valence-electron chi connectivity index (χ4n) is 10.2. The highest BCUT2D eigenvalue weighted by Crippen LogP contribution is 2.69. The van der Waals surface area contributed by atoms with Crippen molar-refractivity contribution in [3.63, 3.8) is 0 Å². The monoisotopic (exact) mass is 518 g/mol. The summed E-state index contributed by atoms with van der Waals surface area (Å²) in [4.78, 5) is 25.4. The van der Waals surface area contributed by atoms with Crippen molar-refractivity contribution in [3.05, 3.63) is 0 Å². The van der Waals surface area contributed by atoms with Gasteiger partial charge in [0.25, 0.3) is 0 Å². The third-order valence-corrected chi connectivity index (χ3v) is 12.0. The van der Waals surface area contributed by atoms with Crippen LogP contribution in [0, 0.1) is 52.3 Å². The quantitative estimate of drug-likeness (QED) is 0.297. The van der Waals surface area contributed by atoms with E-state index in [4.69, 9.17) is 18.9 Å². The molecule has 6 heteroatoms. The Kier molecular flexibility index (Phi) is 7.74. The van der Waals surface area contributed by atoms with Gasteiger partial charge in [0, 0.05) is 12.8 Å². The van der Waals surface area contributed by atoms with Gasteiger partial charge in [0.2, 0.25) is 0 Å². The number of ether oxygens (including phenoxy) is 4. The second-order valence-electron chi connectivity index (χ2n) is 13.5. The van der Waals surface area contributed by atoms with Crippen LogP contribution in [0.3, 0.4) is 0 Å². The molecule has 1 saturated heterocycles. The van der Waals surface area contributed by atoms with Crippen molar-refractivity contribution in [2.45, 2.75) is 105 Å². The van der Waals surface area contributed by atoms with E-state index in [1.807, 2.05) is 0 Å². The van der Waals surface area contributed by atoms with Gasteiger partial charge in [-0.1, -0.05) is 20.8 Å². The summed E-state index contributed by atoms with van der Waals surface area (Å²) in [6.45, 7) is 13.1. The van der Waals surface area contributed by atoms with Crippen LogP contribution in [0.2, 0.25) is 0 Å². The maximum Gasteiger partial charge on any atom is 0.320 e. The minimum absolute atomic E-state index is 0.281. The first kappa shape index (κ1) is 27.4. The lowest BCUT2D eigenvalue weighted by molar-refractivity contribution is -0.229. The first-order chi connectivity index (χ1) is 17.7. The molecule has 0 N–H and O–H groups in total. The fourth-order valence-corrected chi connectivity index (χ4v) is 10.2. The summed E-state index contributed by atoms with van der Waals surface area (Å²) in [5.41, 5.74) is 0.679. The molecule has 5 aliphatic rings. The van der Waals surface area contributed by atoms with Gasteiger partial charge in [-0.05, 0) is 112 Å². The van der Waals surface area contributed by atoms with Gasteiger partial charge in [-0.3, -0.25) is 9.59 Å². The zero-order valence-corrected chi connectivity index (χ0v) is 23.9. The molecule has 0 amide bonds. The van der Waals surface area contributed by atoms with Crippen molar-refractivity contribution in [2.75, 3.05) is 26.4 Å². The minimum atomic E-state index is -0.808. The highest BCUT2D eigenvalue weighted by molar-refractivity contribution is 5.94. The number of fused-ring (bicyclic) bond motifs is 5. The van der Waals surface area contributed by atoms with E-state index < -0.39 is 17.9 Å². The van der Waals surface area contributed by atoms with E-state index in [0.717, 1.165) is 43.8 Å². The summed E-state index contributed by atoms with van der Waals surface area (Å²) in [6.07, 6.45) is 11.6. The molecular weight excluding hydrogens is 468 g/mol. The molecule has 5 fully saturated rings. The molecule has 37 heavy (non-hydrogen) atoms. The maximum absolute atomic E-state index is 12.7. The number of rotatable bonds is 7. The van der Waals surface area contributed by atoms with Crippen molar-refractivity contribution in [2.24, 2.45) is 52.3 Å². The molecule has 1 heterocycles. The van der Waals surface area contributed by atoms with Gasteiger partial charge in [-0.2, -0.15) is 0 Å². The second-order valence-corrected chi connectivity index (χ2v) is 13.5. The van der Waals surface area contributed by atoms with Gasteiger partial charge in [-0.15, -0.1) is 0 Å². The average Bonchev–Trinajstić information content (AvgIpc) is 3.47. The lowest BCUT2D eigenvalue weighted by atomic mass is 9.44. The summed E-state index contributed by atoms with van der Waals surface area (Å²) in [5.74, 6) is 1.91. The highest BCUT2D eigenvalue weighted by atomic mass is 16.7. The van der Waals surface area contributed by atoms with Gasteiger partial charge in [0.15, 0.2) is 11.7 Å². The molecule has 6 nitrogen and oxygen atoms in total. The third-order valence-electron chi connectivity index (χ3n) is 12.0. The van der Waals surface area contributed by atoms with Crippen LogP contribution in [0.1, 0.15) is 98.8 Å². The zero-order valence-electron chi connectivity index (χ0n) is 23.9. The minimum Gasteiger partial charge on any atom is -0.465 e. The Morgan fingerprint density at radius 2 is 1.49 bits per heavy atom. The van der Waals surface area contributed by atoms with Crippen LogP contribution in [-0.2, 0) is 28.5 Å². The first-order valence-electron chi connectivity index (χ1n) is 15.3. The third kappa shape index (κ3) is 4.66. The molecule has 5 rings (SSSR count). The molecular formula is C31H50O6. The largest absolute Gasteiger partial charge is 0.465 e. The molecule has 4 aliphatic carbocycles. The molecule has 8 atom stereocenters. The van der Waals surface area contributed by atoms with E-state index in [2.05, 4.69) is 20.8 Å². The summed E-state index contributed by atoms with van der Waals surface area (Å²) in [6, 6.07) is 0. The molecule has 0 radical (unpaired) electrons. The van der Waals surface area contributed by atoms with Crippen LogP contribution in [0.5, 0.6) is 0 Å². The van der Waals surface area contributed by atoms with Crippen LogP contribution in [-0.4, -0.2) is 44.2 Å². The van der Waals surface area contributed by atoms with Gasteiger partial charge in [-0.25, -0.2) is 0 Å². The van der Waals surface area contributed by atoms with Crippen LogP contribution >= 0.6 is 0 Å². The molecule has 0 aromatic carbocycles. The Morgan fingerprint density at radius 1 is 0.838 bits per heavy atom. The van der Waals surface area contributed by atoms with Crippen molar-refractivity contribution in [1.29, 1.82) is 0 Å². The van der Waals surface area contributed by atoms with Crippen molar-refractivity contribution in [3.8, 4) is 0 Å². The first-order valence-corrected chi connectivity index (χ1v) is 15.3. The fraction of sp³-hybridized carbons (Fsp3) is 0.935. The van der Waals surface area contributed by atoms with Crippen molar-refractivity contribution in [1.82, 2.24) is 0 Å². The average molecular weight is 519 g/mol. The zero-order chi connectivity index (χ0) is 26.4. The predicted molar refractivity (Wildman–Crippen MR) is 140 cm³/mol. The smallest absolute Gasteiger partial charge is 0.320 e. The van der Waals surface area contributed by atoms with E-state index in [-0.39, 0.29) is 30.3 Å². The molecule has 1 spiro atoms. The van der Waals surface area contributed by atoms with Gasteiger partial charge in [0.05, 0.1) is 26.4 Å². The number of hydrogen-bond donors (Lipinski definition) is 0. The predicted octanol–water partition coefficient (Wildman–Crippen LogP) is 6.16. The number of hydrogen-bond acceptors (Lipinski definition) is 6. The van der Waals surface area contributed by atoms with Crippen LogP contribution in [0.25, 0.3) is 0 Å². The van der Waals surface area contributed by atoms with Gasteiger partial charge < -0.3 is 18.9 Å². The van der Waals surface area contributed by atoms with E-state index in [9.17, 15) is 9.59 Å². The number of carbonyl (C=O) groups is 2. The standard InChI is InChI=1S/C31H50O6/c1-6-34-27(32)23(28(33)35-7-2)18-20(3)24-10-11-25-22-9-8-21-19-31(36-16-17-37-31)15-14-29(21,4)26(22)12-13-30(24,25)5/h20-26H,6-19H2,1-5H3/t20-,21-,22?,24-,25?,26?,29+,30-/m1/s1. The Hall–Kier alpha value is -1.14. The Bertz CT molecular complexity index is 833. The Balaban J connectivity index is 1.29. The topological polar surface area (TPSA) is 71.1 Å². The Labute approximate surface area is 223 Å². The van der Waals surface area contributed by atoms with E-state index in [0.29, 0.717) is 23.7 Å². The van der Waals surface area contributed by atoms with Crippen LogP contribution < -0.4 is 0 Å². The molecule has 0 bridgehead atoms. The summed E-state index contributed by atoms with van der Waals surface area (Å²) in [5, 5.41) is 0. The van der Waals surface area contributed by atoms with E-state index in [1.165, 1.54) is 44.9 Å². The molecule has 0 aromatic rings. The highest BCUT2D eigenvalue weighted by Gasteiger charge is 2.62. The van der Waals surface area contributed by atoms with Crippen LogP contribution in [0.15, 0.2) is 0 Å². The van der Waals surface area contributed by atoms with Crippen molar-refractivity contribution < 1.29 is 28.5 Å². The second kappa shape index (κ2) is 10.4. The summed E-state index contributed by atoms with van der Waals surface area (Å²) < 4.78 is 22.8. The lowest BCUT2D eigenvalue weighted by Gasteiger charge is -2.62. The normalized spacial score (nSPS) is 41.1. The maximum atomic E-state index is 12.7. The summed E-state index contributed by atoms with van der Waals surface area (Å²) >= 11 is 0. The SMILES string of the molecule is CCOC(=O)C(C[C@@H](C)[C@H]1CCC2C3CC[C@@H]4CC5(CC[C@]4(C)C3CC[C@@]21C)OCCO5)C(=O)OCC. The van der Waals surface area contributed by atoms with Crippen LogP contribution in [0.4, 0.5) is 0 Å². The molecule has 210 valence electrons. The van der Waals surface area contributed by atoms with Crippen molar-refractivity contribution >= 4 is 11.9 Å². The summed E-state index contributed by atoms with van der Waals surface area (Å²) in [7, 11) is 0. The molecule has 0 aromatic heterocycles. The number of carbonyl (C=O) groups excluding carboxylic acids is 2.